The molecule has 0 radical (unpaired) electrons. The summed E-state index contributed by atoms with van der Waals surface area (Å²) in [5.74, 6) is -1.55. The van der Waals surface area contributed by atoms with Crippen molar-refractivity contribution < 1.29 is 19.8 Å². The van der Waals surface area contributed by atoms with E-state index in [1.807, 2.05) is 20.8 Å². The molecule has 1 heterocycles. The summed E-state index contributed by atoms with van der Waals surface area (Å²) >= 11 is 0. The Kier molecular flexibility index (Phi) is 6.60. The number of rotatable bonds is 7. The fraction of sp³-hybridized carbons (Fsp3) is 0.381. The van der Waals surface area contributed by atoms with Crippen molar-refractivity contribution in [1.82, 2.24) is 9.88 Å². The molecule has 7 nitrogen and oxygen atoms in total. The number of benzene rings is 1. The van der Waals surface area contributed by atoms with Crippen molar-refractivity contribution >= 4 is 11.9 Å². The summed E-state index contributed by atoms with van der Waals surface area (Å²) in [5.41, 5.74) is 1.84. The van der Waals surface area contributed by atoms with Gasteiger partial charge < -0.3 is 20.1 Å². The minimum Gasteiger partial charge on any atom is -0.481 e. The van der Waals surface area contributed by atoms with Crippen LogP contribution in [0, 0.1) is 16.7 Å². The fourth-order valence-corrected chi connectivity index (χ4v) is 2.82. The Morgan fingerprint density at radius 2 is 1.82 bits per heavy atom. The van der Waals surface area contributed by atoms with Gasteiger partial charge in [0.25, 0.3) is 0 Å². The highest BCUT2D eigenvalue weighted by Gasteiger charge is 2.30. The molecule has 2 aromatic rings. The minimum atomic E-state index is -1.09. The fourth-order valence-electron chi connectivity index (χ4n) is 2.82. The molecule has 0 saturated heterocycles. The first-order valence-electron chi connectivity index (χ1n) is 8.96. The number of nitrogens with one attached hydrogen (secondary N) is 1. The molecule has 148 valence electrons. The lowest BCUT2D eigenvalue weighted by molar-refractivity contribution is -0.141. The summed E-state index contributed by atoms with van der Waals surface area (Å²) < 4.78 is 1.56. The first kappa shape index (κ1) is 21.2. The molecule has 1 amide bonds. The van der Waals surface area contributed by atoms with Gasteiger partial charge in [-0.2, -0.15) is 5.26 Å². The number of carbonyl (C=O) groups is 2. The maximum absolute atomic E-state index is 12.8. The van der Waals surface area contributed by atoms with Crippen molar-refractivity contribution in [3.05, 3.63) is 48.3 Å². The maximum atomic E-state index is 12.8. The van der Waals surface area contributed by atoms with Crippen LogP contribution in [0.5, 0.6) is 0 Å². The summed E-state index contributed by atoms with van der Waals surface area (Å²) in [7, 11) is 0. The molecule has 0 aliphatic heterocycles. The Morgan fingerprint density at radius 1 is 1.18 bits per heavy atom. The van der Waals surface area contributed by atoms with Crippen LogP contribution in [0.15, 0.2) is 42.7 Å². The lowest BCUT2D eigenvalue weighted by Gasteiger charge is -2.31. The van der Waals surface area contributed by atoms with Gasteiger partial charge in [0, 0.05) is 12.4 Å². The van der Waals surface area contributed by atoms with E-state index < -0.39 is 24.0 Å². The van der Waals surface area contributed by atoms with E-state index in [0.29, 0.717) is 5.56 Å². The second-order valence-electron chi connectivity index (χ2n) is 7.76. The van der Waals surface area contributed by atoms with E-state index in [0.717, 1.165) is 11.1 Å². The zero-order chi connectivity index (χ0) is 20.9. The van der Waals surface area contributed by atoms with Gasteiger partial charge in [-0.25, -0.2) is 0 Å². The monoisotopic (exact) mass is 383 g/mol. The Balaban J connectivity index is 2.28. The van der Waals surface area contributed by atoms with E-state index in [4.69, 9.17) is 5.26 Å². The quantitative estimate of drug-likeness (QED) is 0.680. The van der Waals surface area contributed by atoms with E-state index in [1.54, 1.807) is 47.3 Å². The molecule has 0 fully saturated rings. The molecule has 7 heteroatoms. The molecule has 0 bridgehead atoms. The number of nitrogens with zero attached hydrogens (tertiary/aromatic N) is 2. The highest BCUT2D eigenvalue weighted by molar-refractivity contribution is 5.85. The van der Waals surface area contributed by atoms with Gasteiger partial charge in [-0.1, -0.05) is 32.9 Å². The van der Waals surface area contributed by atoms with Crippen molar-refractivity contribution in [2.24, 2.45) is 5.41 Å². The zero-order valence-corrected chi connectivity index (χ0v) is 16.2. The van der Waals surface area contributed by atoms with E-state index >= 15 is 0 Å². The van der Waals surface area contributed by atoms with Crippen molar-refractivity contribution in [3.63, 3.8) is 0 Å². The number of carbonyl (C=O) groups excluding carboxylic acids is 1. The van der Waals surface area contributed by atoms with Gasteiger partial charge in [0.2, 0.25) is 5.91 Å². The Hall–Kier alpha value is -3.11. The van der Waals surface area contributed by atoms with E-state index in [1.165, 1.54) is 0 Å². The Morgan fingerprint density at radius 3 is 2.32 bits per heavy atom. The molecule has 3 N–H and O–H groups in total. The van der Waals surface area contributed by atoms with Crippen LogP contribution in [0.3, 0.4) is 0 Å². The minimum absolute atomic E-state index is 0.239. The summed E-state index contributed by atoms with van der Waals surface area (Å²) in [5, 5.41) is 30.5. The number of carboxylic acids is 1. The standard InChI is InChI=1S/C21H25N3O4/c1-21(2,3)18(13-25)23-20(28)17(10-19(26)27)24-9-8-16(12-24)15-6-4-14(11-22)5-7-15/h4-9,12,17-18,25H,10,13H2,1-3H3,(H,23,28)(H,26,27)/t17-,18-/m1/s1. The van der Waals surface area contributed by atoms with Crippen LogP contribution in [-0.2, 0) is 9.59 Å². The van der Waals surface area contributed by atoms with Crippen LogP contribution >= 0.6 is 0 Å². The predicted molar refractivity (Wildman–Crippen MR) is 104 cm³/mol. The van der Waals surface area contributed by atoms with Crippen molar-refractivity contribution in [1.29, 1.82) is 5.26 Å². The molecule has 2 rings (SSSR count). The van der Waals surface area contributed by atoms with Gasteiger partial charge in [-0.3, -0.25) is 9.59 Å². The third kappa shape index (κ3) is 5.21. The number of nitriles is 1. The van der Waals surface area contributed by atoms with Crippen LogP contribution in [0.2, 0.25) is 0 Å². The maximum Gasteiger partial charge on any atom is 0.306 e. The first-order valence-corrected chi connectivity index (χ1v) is 8.96. The lowest BCUT2D eigenvalue weighted by Crippen LogP contribution is -2.48. The number of aromatic nitrogens is 1. The molecular weight excluding hydrogens is 358 g/mol. The molecule has 0 saturated carbocycles. The topological polar surface area (TPSA) is 115 Å². The predicted octanol–water partition coefficient (Wildman–Crippen LogP) is 2.57. The number of aliphatic hydroxyl groups is 1. The third-order valence-electron chi connectivity index (χ3n) is 4.64. The third-order valence-corrected chi connectivity index (χ3v) is 4.64. The zero-order valence-electron chi connectivity index (χ0n) is 16.2. The van der Waals surface area contributed by atoms with Crippen LogP contribution < -0.4 is 5.32 Å². The van der Waals surface area contributed by atoms with Gasteiger partial charge in [0.1, 0.15) is 6.04 Å². The van der Waals surface area contributed by atoms with Crippen molar-refractivity contribution in [2.45, 2.75) is 39.3 Å². The van der Waals surface area contributed by atoms with Gasteiger partial charge in [-0.05, 0) is 34.7 Å². The SMILES string of the molecule is CC(C)(C)[C@@H](CO)NC(=O)[C@@H](CC(=O)O)n1ccc(-c2ccc(C#N)cc2)c1. The number of hydrogen-bond donors (Lipinski definition) is 3. The normalized spacial score (nSPS) is 13.4. The Bertz CT molecular complexity index is 872. The number of aliphatic carboxylic acids is 1. The molecule has 1 aromatic heterocycles. The number of hydrogen-bond acceptors (Lipinski definition) is 4. The first-order chi connectivity index (χ1) is 13.2. The van der Waals surface area contributed by atoms with Gasteiger partial charge in [0.15, 0.2) is 0 Å². The Labute approximate surface area is 164 Å². The summed E-state index contributed by atoms with van der Waals surface area (Å²) in [6, 6.07) is 9.40. The molecule has 2 atom stereocenters. The molecule has 0 aliphatic carbocycles. The summed E-state index contributed by atoms with van der Waals surface area (Å²) in [6.45, 7) is 5.42. The van der Waals surface area contributed by atoms with Crippen LogP contribution in [0.25, 0.3) is 11.1 Å². The summed E-state index contributed by atoms with van der Waals surface area (Å²) in [4.78, 5) is 24.1. The van der Waals surface area contributed by atoms with Crippen LogP contribution in [0.4, 0.5) is 0 Å². The van der Waals surface area contributed by atoms with Crippen LogP contribution in [0.1, 0.15) is 38.8 Å². The van der Waals surface area contributed by atoms with Gasteiger partial charge in [-0.15, -0.1) is 0 Å². The number of carboxylic acid groups (broad SMARTS) is 1. The average molecular weight is 383 g/mol. The van der Waals surface area contributed by atoms with Gasteiger partial charge >= 0.3 is 5.97 Å². The van der Waals surface area contributed by atoms with Crippen LogP contribution in [-0.4, -0.2) is 39.3 Å². The molecule has 0 aliphatic rings. The molecule has 0 unspecified atom stereocenters. The average Bonchev–Trinajstić information content (AvgIpc) is 3.12. The largest absolute Gasteiger partial charge is 0.481 e. The number of aliphatic hydroxyl groups excluding tert-OH is 1. The smallest absolute Gasteiger partial charge is 0.306 e. The highest BCUT2D eigenvalue weighted by Crippen LogP contribution is 2.25. The molecule has 1 aromatic carbocycles. The van der Waals surface area contributed by atoms with Gasteiger partial charge in [0.05, 0.1) is 30.7 Å². The second kappa shape index (κ2) is 8.72. The molecular formula is C21H25N3O4. The van der Waals surface area contributed by atoms with E-state index in [-0.39, 0.29) is 18.4 Å². The summed E-state index contributed by atoms with van der Waals surface area (Å²) in [6.07, 6.45) is 2.99. The van der Waals surface area contributed by atoms with Crippen molar-refractivity contribution in [2.75, 3.05) is 6.61 Å². The lowest BCUT2D eigenvalue weighted by atomic mass is 9.87. The van der Waals surface area contributed by atoms with Crippen molar-refractivity contribution in [3.8, 4) is 17.2 Å². The highest BCUT2D eigenvalue weighted by atomic mass is 16.4. The van der Waals surface area contributed by atoms with E-state index in [9.17, 15) is 19.8 Å². The van der Waals surface area contributed by atoms with E-state index in [2.05, 4.69) is 11.4 Å². The molecule has 28 heavy (non-hydrogen) atoms. The number of amides is 1. The molecule has 0 spiro atoms. The second-order valence-corrected chi connectivity index (χ2v) is 7.76.